The van der Waals surface area contributed by atoms with Gasteiger partial charge >= 0.3 is 0 Å². The topological polar surface area (TPSA) is 23.5 Å². The lowest BCUT2D eigenvalue weighted by Crippen LogP contribution is -2.30. The van der Waals surface area contributed by atoms with Crippen molar-refractivity contribution in [3.05, 3.63) is 0 Å². The van der Waals surface area contributed by atoms with Crippen LogP contribution in [0.15, 0.2) is 0 Å². The summed E-state index contributed by atoms with van der Waals surface area (Å²) in [4.78, 5) is 2.16. The van der Waals surface area contributed by atoms with Gasteiger partial charge in [0.1, 0.15) is 0 Å². The number of hydrogen-bond acceptors (Lipinski definition) is 2. The van der Waals surface area contributed by atoms with Gasteiger partial charge in [-0.15, -0.1) is 0 Å². The first-order chi connectivity index (χ1) is 5.57. The van der Waals surface area contributed by atoms with Crippen molar-refractivity contribution < 1.29 is 5.11 Å². The number of rotatable bonds is 4. The molecule has 0 heterocycles. The molecule has 2 nitrogen and oxygen atoms in total. The van der Waals surface area contributed by atoms with E-state index in [2.05, 4.69) is 25.9 Å². The number of nitrogens with zero attached hydrogens (tertiary/aromatic N) is 1. The third-order valence-corrected chi connectivity index (χ3v) is 1.81. The van der Waals surface area contributed by atoms with E-state index in [4.69, 9.17) is 5.11 Å². The van der Waals surface area contributed by atoms with Gasteiger partial charge in [-0.1, -0.05) is 20.8 Å². The molecule has 0 saturated heterocycles. The highest BCUT2D eigenvalue weighted by Gasteiger charge is 2.10. The Bertz CT molecular complexity index is 81.9. The van der Waals surface area contributed by atoms with E-state index in [-0.39, 0.29) is 6.10 Å². The van der Waals surface area contributed by atoms with E-state index < -0.39 is 0 Å². The standard InChI is InChI=1S/C8H19NO.C2H6/c1-5-8(9(3)4)6-7(2)10;1-2/h7-8,10H,5-6H2,1-4H3;1-2H3. The first kappa shape index (κ1) is 14.4. The molecule has 0 aromatic rings. The second kappa shape index (κ2) is 9.01. The highest BCUT2D eigenvalue weighted by Crippen LogP contribution is 2.06. The monoisotopic (exact) mass is 175 g/mol. The second-order valence-corrected chi connectivity index (χ2v) is 3.11. The molecule has 0 bridgehead atoms. The minimum absolute atomic E-state index is 0.174. The lowest BCUT2D eigenvalue weighted by molar-refractivity contribution is 0.136. The molecule has 0 aliphatic heterocycles. The van der Waals surface area contributed by atoms with Crippen LogP contribution in [0.25, 0.3) is 0 Å². The van der Waals surface area contributed by atoms with E-state index in [9.17, 15) is 0 Å². The van der Waals surface area contributed by atoms with E-state index in [1.165, 1.54) is 0 Å². The Hall–Kier alpha value is -0.0800. The summed E-state index contributed by atoms with van der Waals surface area (Å²) in [5.74, 6) is 0. The Labute approximate surface area is 77.6 Å². The molecule has 0 spiro atoms. The third kappa shape index (κ3) is 8.02. The van der Waals surface area contributed by atoms with Crippen molar-refractivity contribution in [1.29, 1.82) is 0 Å². The maximum Gasteiger partial charge on any atom is 0.0527 e. The Morgan fingerprint density at radius 1 is 1.25 bits per heavy atom. The molecule has 0 amide bonds. The summed E-state index contributed by atoms with van der Waals surface area (Å²) in [7, 11) is 4.10. The molecule has 2 atom stereocenters. The van der Waals surface area contributed by atoms with Gasteiger partial charge in [-0.25, -0.2) is 0 Å². The van der Waals surface area contributed by atoms with Crippen LogP contribution < -0.4 is 0 Å². The van der Waals surface area contributed by atoms with Gasteiger partial charge < -0.3 is 10.0 Å². The normalized spacial score (nSPS) is 15.0. The first-order valence-corrected chi connectivity index (χ1v) is 4.92. The van der Waals surface area contributed by atoms with Gasteiger partial charge in [-0.2, -0.15) is 0 Å². The highest BCUT2D eigenvalue weighted by atomic mass is 16.3. The van der Waals surface area contributed by atoms with Crippen LogP contribution in [0.4, 0.5) is 0 Å². The molecule has 0 aliphatic rings. The van der Waals surface area contributed by atoms with Crippen molar-refractivity contribution in [2.45, 2.75) is 52.7 Å². The lowest BCUT2D eigenvalue weighted by atomic mass is 10.1. The Morgan fingerprint density at radius 2 is 1.67 bits per heavy atom. The molecular weight excluding hydrogens is 150 g/mol. The number of hydrogen-bond donors (Lipinski definition) is 1. The van der Waals surface area contributed by atoms with Crippen molar-refractivity contribution in [3.8, 4) is 0 Å². The Morgan fingerprint density at radius 3 is 1.75 bits per heavy atom. The minimum atomic E-state index is -0.174. The molecule has 2 heteroatoms. The van der Waals surface area contributed by atoms with Gasteiger partial charge in [0.05, 0.1) is 6.10 Å². The molecular formula is C10H25NO. The summed E-state index contributed by atoms with van der Waals surface area (Å²) in [6.07, 6.45) is 1.81. The summed E-state index contributed by atoms with van der Waals surface area (Å²) in [6, 6.07) is 0.528. The van der Waals surface area contributed by atoms with Crippen LogP contribution in [0.3, 0.4) is 0 Å². The fourth-order valence-corrected chi connectivity index (χ4v) is 1.14. The largest absolute Gasteiger partial charge is 0.393 e. The highest BCUT2D eigenvalue weighted by molar-refractivity contribution is 4.66. The van der Waals surface area contributed by atoms with Crippen LogP contribution in [0, 0.1) is 0 Å². The number of aliphatic hydroxyl groups excluding tert-OH is 1. The van der Waals surface area contributed by atoms with Gasteiger partial charge in [-0.3, -0.25) is 0 Å². The molecule has 0 rings (SSSR count). The number of aliphatic hydroxyl groups is 1. The summed E-state index contributed by atoms with van der Waals surface area (Å²) >= 11 is 0. The van der Waals surface area contributed by atoms with Crippen molar-refractivity contribution in [2.24, 2.45) is 0 Å². The zero-order valence-corrected chi connectivity index (χ0v) is 9.46. The minimum Gasteiger partial charge on any atom is -0.393 e. The van der Waals surface area contributed by atoms with Crippen LogP contribution in [-0.2, 0) is 0 Å². The van der Waals surface area contributed by atoms with E-state index in [1.54, 1.807) is 0 Å². The maximum absolute atomic E-state index is 9.08. The molecule has 0 radical (unpaired) electrons. The predicted molar refractivity (Wildman–Crippen MR) is 55.4 cm³/mol. The van der Waals surface area contributed by atoms with Gasteiger partial charge in [-0.05, 0) is 33.9 Å². The van der Waals surface area contributed by atoms with Crippen molar-refractivity contribution in [3.63, 3.8) is 0 Å². The van der Waals surface area contributed by atoms with Gasteiger partial charge in [0.2, 0.25) is 0 Å². The summed E-state index contributed by atoms with van der Waals surface area (Å²) in [5, 5.41) is 9.08. The molecule has 0 aromatic carbocycles. The molecule has 76 valence electrons. The lowest BCUT2D eigenvalue weighted by Gasteiger charge is -2.23. The summed E-state index contributed by atoms with van der Waals surface area (Å²) in [6.45, 7) is 7.99. The van der Waals surface area contributed by atoms with Crippen LogP contribution >= 0.6 is 0 Å². The van der Waals surface area contributed by atoms with Gasteiger partial charge in [0, 0.05) is 6.04 Å². The molecule has 1 N–H and O–H groups in total. The summed E-state index contributed by atoms with van der Waals surface area (Å²) in [5.41, 5.74) is 0. The molecule has 0 saturated carbocycles. The quantitative estimate of drug-likeness (QED) is 0.707. The van der Waals surface area contributed by atoms with Crippen LogP contribution in [0.2, 0.25) is 0 Å². The molecule has 2 unspecified atom stereocenters. The van der Waals surface area contributed by atoms with E-state index in [0.717, 1.165) is 12.8 Å². The summed E-state index contributed by atoms with van der Waals surface area (Å²) < 4.78 is 0. The van der Waals surface area contributed by atoms with Crippen molar-refractivity contribution >= 4 is 0 Å². The average Bonchev–Trinajstić information content (AvgIpc) is 2.03. The Kier molecular flexibility index (Phi) is 10.8. The van der Waals surface area contributed by atoms with Crippen molar-refractivity contribution in [1.82, 2.24) is 4.90 Å². The average molecular weight is 175 g/mol. The molecule has 0 aromatic heterocycles. The van der Waals surface area contributed by atoms with Crippen LogP contribution in [-0.4, -0.2) is 36.2 Å². The maximum atomic E-state index is 9.08. The molecule has 12 heavy (non-hydrogen) atoms. The predicted octanol–water partition coefficient (Wildman–Crippen LogP) is 2.12. The van der Waals surface area contributed by atoms with E-state index >= 15 is 0 Å². The Balaban J connectivity index is 0. The van der Waals surface area contributed by atoms with Crippen LogP contribution in [0.1, 0.15) is 40.5 Å². The fraction of sp³-hybridized carbons (Fsp3) is 1.00. The fourth-order valence-electron chi connectivity index (χ4n) is 1.14. The van der Waals surface area contributed by atoms with E-state index in [0.29, 0.717) is 6.04 Å². The van der Waals surface area contributed by atoms with Crippen molar-refractivity contribution in [2.75, 3.05) is 14.1 Å². The molecule has 0 aliphatic carbocycles. The third-order valence-electron chi connectivity index (χ3n) is 1.81. The zero-order chi connectivity index (χ0) is 10.1. The zero-order valence-electron chi connectivity index (χ0n) is 9.46. The van der Waals surface area contributed by atoms with E-state index in [1.807, 2.05) is 20.8 Å². The SMILES string of the molecule is CC.CCC(CC(C)O)N(C)C. The smallest absolute Gasteiger partial charge is 0.0527 e. The van der Waals surface area contributed by atoms with Crippen LogP contribution in [0.5, 0.6) is 0 Å². The molecule has 0 fully saturated rings. The first-order valence-electron chi connectivity index (χ1n) is 4.92. The van der Waals surface area contributed by atoms with Gasteiger partial charge in [0.15, 0.2) is 0 Å². The second-order valence-electron chi connectivity index (χ2n) is 3.11. The van der Waals surface area contributed by atoms with Gasteiger partial charge in [0.25, 0.3) is 0 Å².